The highest BCUT2D eigenvalue weighted by Crippen LogP contribution is 2.44. The summed E-state index contributed by atoms with van der Waals surface area (Å²) in [6, 6.07) is 11.3. The van der Waals surface area contributed by atoms with Gasteiger partial charge in [-0.3, -0.25) is 24.6 Å². The highest BCUT2D eigenvalue weighted by Gasteiger charge is 2.46. The first-order valence-electron chi connectivity index (χ1n) is 10.2. The number of nitro groups is 1. The van der Waals surface area contributed by atoms with Gasteiger partial charge in [-0.1, -0.05) is 17.4 Å². The Hall–Kier alpha value is -4.31. The van der Waals surface area contributed by atoms with Crippen LogP contribution in [0, 0.1) is 24.0 Å². The summed E-state index contributed by atoms with van der Waals surface area (Å²) < 4.78 is 6.07. The van der Waals surface area contributed by atoms with Crippen LogP contribution < -0.4 is 4.90 Å². The largest absolute Gasteiger partial charge is 0.503 e. The smallest absolute Gasteiger partial charge is 0.296 e. The van der Waals surface area contributed by atoms with Crippen molar-refractivity contribution in [2.24, 2.45) is 0 Å². The number of carbonyl (C=O) groups is 2. The van der Waals surface area contributed by atoms with Crippen LogP contribution >= 0.6 is 11.3 Å². The van der Waals surface area contributed by atoms with Crippen molar-refractivity contribution in [3.05, 3.63) is 98.7 Å². The van der Waals surface area contributed by atoms with Gasteiger partial charge in [0.1, 0.15) is 0 Å². The first kappa shape index (κ1) is 21.5. The number of rotatable bonds is 5. The van der Waals surface area contributed by atoms with Gasteiger partial charge in [-0.25, -0.2) is 4.98 Å². The summed E-state index contributed by atoms with van der Waals surface area (Å²) in [6.07, 6.45) is 1.32. The minimum Gasteiger partial charge on any atom is -0.503 e. The number of fused-ring (bicyclic) bond motifs is 1. The number of benzene rings is 2. The van der Waals surface area contributed by atoms with Gasteiger partial charge in [0.05, 0.1) is 33.0 Å². The molecule has 0 unspecified atom stereocenters. The number of amides is 1. The van der Waals surface area contributed by atoms with Crippen LogP contribution in [0.3, 0.4) is 0 Å². The van der Waals surface area contributed by atoms with E-state index in [1.807, 2.05) is 26.0 Å². The lowest BCUT2D eigenvalue weighted by atomic mass is 9.95. The van der Waals surface area contributed by atoms with E-state index in [1.165, 1.54) is 58.9 Å². The molecule has 0 fully saturated rings. The highest BCUT2D eigenvalue weighted by molar-refractivity contribution is 7.22. The zero-order valence-corrected chi connectivity index (χ0v) is 18.8. The van der Waals surface area contributed by atoms with Crippen molar-refractivity contribution in [2.45, 2.75) is 19.9 Å². The van der Waals surface area contributed by atoms with Crippen molar-refractivity contribution < 1.29 is 24.0 Å². The molecule has 2 aromatic carbocycles. The molecule has 1 aliphatic heterocycles. The van der Waals surface area contributed by atoms with Crippen LogP contribution in [0.25, 0.3) is 10.2 Å². The third-order valence-electron chi connectivity index (χ3n) is 5.64. The first-order chi connectivity index (χ1) is 16.3. The summed E-state index contributed by atoms with van der Waals surface area (Å²) in [5.41, 5.74) is 2.77. The molecule has 1 atom stereocenters. The number of Topliss-reactive ketones (excluding diaryl/α,β-unsaturated/α-hetero) is 1. The van der Waals surface area contributed by atoms with Crippen molar-refractivity contribution in [3.63, 3.8) is 0 Å². The summed E-state index contributed by atoms with van der Waals surface area (Å²) in [5.74, 6) is -2.20. The number of ketones is 1. The molecular formula is C24H17N3O6S. The summed E-state index contributed by atoms with van der Waals surface area (Å²) >= 11 is 1.26. The van der Waals surface area contributed by atoms with E-state index in [0.717, 1.165) is 15.8 Å². The van der Waals surface area contributed by atoms with Crippen molar-refractivity contribution in [2.75, 3.05) is 4.90 Å². The molecule has 9 nitrogen and oxygen atoms in total. The zero-order valence-electron chi connectivity index (χ0n) is 18.0. The molecule has 0 spiro atoms. The summed E-state index contributed by atoms with van der Waals surface area (Å²) in [6.45, 7) is 3.88. The molecule has 0 aliphatic carbocycles. The van der Waals surface area contributed by atoms with Gasteiger partial charge < -0.3 is 9.52 Å². The van der Waals surface area contributed by atoms with Crippen LogP contribution in [0.2, 0.25) is 0 Å². The Labute approximate surface area is 196 Å². The van der Waals surface area contributed by atoms with Gasteiger partial charge in [-0.05, 0) is 60.9 Å². The fourth-order valence-corrected chi connectivity index (χ4v) is 5.30. The van der Waals surface area contributed by atoms with Gasteiger partial charge >= 0.3 is 0 Å². The lowest BCUT2D eigenvalue weighted by Gasteiger charge is -2.24. The fraction of sp³-hybridized carbons (Fsp3) is 0.125. The van der Waals surface area contributed by atoms with Crippen LogP contribution in [0.5, 0.6) is 0 Å². The Morgan fingerprint density at radius 2 is 1.94 bits per heavy atom. The number of nitrogens with zero attached hydrogens (tertiary/aromatic N) is 3. The highest BCUT2D eigenvalue weighted by atomic mass is 32.1. The van der Waals surface area contributed by atoms with Crippen LogP contribution in [-0.4, -0.2) is 26.7 Å². The van der Waals surface area contributed by atoms with E-state index in [-0.39, 0.29) is 17.0 Å². The van der Waals surface area contributed by atoms with Crippen molar-refractivity contribution in [1.29, 1.82) is 0 Å². The third kappa shape index (κ3) is 3.35. The van der Waals surface area contributed by atoms with Crippen molar-refractivity contribution in [1.82, 2.24) is 4.98 Å². The molecule has 34 heavy (non-hydrogen) atoms. The molecule has 1 amide bonds. The number of carbonyl (C=O) groups excluding carboxylic acids is 2. The average molecular weight is 475 g/mol. The molecule has 2 aromatic heterocycles. The molecule has 1 N–H and O–H groups in total. The van der Waals surface area contributed by atoms with Crippen LogP contribution in [0.1, 0.15) is 33.3 Å². The summed E-state index contributed by atoms with van der Waals surface area (Å²) in [4.78, 5) is 43.0. The normalized spacial score (nSPS) is 16.0. The van der Waals surface area contributed by atoms with Crippen LogP contribution in [0.4, 0.5) is 10.8 Å². The molecule has 3 heterocycles. The molecular weight excluding hydrogens is 458 g/mol. The third-order valence-corrected chi connectivity index (χ3v) is 6.64. The Kier molecular flexibility index (Phi) is 5.02. The van der Waals surface area contributed by atoms with E-state index in [2.05, 4.69) is 4.98 Å². The predicted molar refractivity (Wildman–Crippen MR) is 125 cm³/mol. The maximum atomic E-state index is 13.3. The van der Waals surface area contributed by atoms with Gasteiger partial charge in [-0.15, -0.1) is 0 Å². The van der Waals surface area contributed by atoms with E-state index >= 15 is 0 Å². The Morgan fingerprint density at radius 3 is 2.59 bits per heavy atom. The Balaban J connectivity index is 1.69. The van der Waals surface area contributed by atoms with Crippen LogP contribution in [-0.2, 0) is 4.79 Å². The van der Waals surface area contributed by atoms with Crippen LogP contribution in [0.15, 0.2) is 70.5 Å². The second-order valence-corrected chi connectivity index (χ2v) is 8.93. The number of non-ortho nitro benzene ring substituents is 1. The van der Waals surface area contributed by atoms with E-state index in [0.29, 0.717) is 16.2 Å². The van der Waals surface area contributed by atoms with E-state index in [9.17, 15) is 24.8 Å². The van der Waals surface area contributed by atoms with Crippen molar-refractivity contribution in [3.8, 4) is 0 Å². The molecule has 5 rings (SSSR count). The Morgan fingerprint density at radius 1 is 1.21 bits per heavy atom. The van der Waals surface area contributed by atoms with Crippen molar-refractivity contribution >= 4 is 44.1 Å². The minimum atomic E-state index is -1.05. The number of anilines is 1. The number of aliphatic hydroxyl groups excluding tert-OH is 1. The van der Waals surface area contributed by atoms with Gasteiger partial charge in [0.15, 0.2) is 16.7 Å². The van der Waals surface area contributed by atoms with Gasteiger partial charge in [0.2, 0.25) is 5.78 Å². The second-order valence-electron chi connectivity index (χ2n) is 7.92. The monoisotopic (exact) mass is 475 g/mol. The quantitative estimate of drug-likeness (QED) is 0.239. The molecule has 1 aliphatic rings. The van der Waals surface area contributed by atoms with E-state index in [4.69, 9.17) is 4.42 Å². The number of aliphatic hydroxyl groups is 1. The number of nitro benzene ring substituents is 1. The number of aryl methyl sites for hydroxylation is 2. The molecule has 0 radical (unpaired) electrons. The summed E-state index contributed by atoms with van der Waals surface area (Å²) in [7, 11) is 0. The first-order valence-corrected chi connectivity index (χ1v) is 11.0. The Bertz CT molecular complexity index is 1500. The maximum absolute atomic E-state index is 13.3. The minimum absolute atomic E-state index is 0.0427. The van der Waals surface area contributed by atoms with E-state index in [1.54, 1.807) is 0 Å². The number of hydrogen-bond acceptors (Lipinski definition) is 8. The average Bonchev–Trinajstić information content (AvgIpc) is 3.53. The lowest BCUT2D eigenvalue weighted by Crippen LogP contribution is -2.30. The molecule has 10 heteroatoms. The fourth-order valence-electron chi connectivity index (χ4n) is 4.13. The zero-order chi connectivity index (χ0) is 24.1. The van der Waals surface area contributed by atoms with Gasteiger partial charge in [-0.2, -0.15) is 0 Å². The lowest BCUT2D eigenvalue weighted by molar-refractivity contribution is -0.384. The second kappa shape index (κ2) is 7.92. The number of furan rings is 1. The molecule has 0 saturated carbocycles. The molecule has 4 aromatic rings. The molecule has 0 saturated heterocycles. The topological polar surface area (TPSA) is 127 Å². The number of aromatic nitrogens is 1. The van der Waals surface area contributed by atoms with E-state index < -0.39 is 28.4 Å². The van der Waals surface area contributed by atoms with Gasteiger partial charge in [0, 0.05) is 12.1 Å². The molecule has 0 bridgehead atoms. The standard InChI is InChI=1S/C24H17N3O6S/c1-12-10-13(2)19-17(11-12)34-24(25-19)26-20(14-5-7-15(8-6-14)27(31)32)18(22(29)23(26)30)21(28)16-4-3-9-33-16/h3-11,20,29H,1-2H3/t20-/m1/s1. The number of hydrogen-bond donors (Lipinski definition) is 1. The number of thiazole rings is 1. The molecule has 170 valence electrons. The van der Waals surface area contributed by atoms with Gasteiger partial charge in [0.25, 0.3) is 11.6 Å². The maximum Gasteiger partial charge on any atom is 0.296 e. The predicted octanol–water partition coefficient (Wildman–Crippen LogP) is 5.20. The summed E-state index contributed by atoms with van der Waals surface area (Å²) in [5, 5.41) is 22.2. The SMILES string of the molecule is Cc1cc(C)c2nc(N3C(=O)C(O)=C(C(=O)c4ccco4)[C@H]3c3ccc([N+](=O)[O-])cc3)sc2c1.